The van der Waals surface area contributed by atoms with Gasteiger partial charge in [-0.3, -0.25) is 9.42 Å². The summed E-state index contributed by atoms with van der Waals surface area (Å²) in [4.78, 5) is 0. The topological polar surface area (TPSA) is 49.7 Å². The van der Waals surface area contributed by atoms with Gasteiger partial charge in [-0.2, -0.15) is 0 Å². The molecule has 0 amide bonds. The van der Waals surface area contributed by atoms with E-state index in [0.717, 1.165) is 0 Å². The average molecular weight is 121 g/mol. The Bertz CT molecular complexity index is 125. The fraction of sp³-hybridized carbons (Fsp3) is 0.333. The zero-order valence-electron chi connectivity index (χ0n) is 3.74. The summed E-state index contributed by atoms with van der Waals surface area (Å²) in [7, 11) is -1.77. The lowest BCUT2D eigenvalue weighted by Crippen LogP contribution is -1.77. The minimum absolute atomic E-state index is 0.256. The summed E-state index contributed by atoms with van der Waals surface area (Å²) < 4.78 is 12.6. The molecule has 0 saturated heterocycles. The van der Waals surface area contributed by atoms with Crippen LogP contribution < -0.4 is 0 Å². The molecule has 0 spiro atoms. The molecule has 0 aliphatic carbocycles. The van der Waals surface area contributed by atoms with Crippen molar-refractivity contribution < 1.29 is 9.42 Å². The Labute approximate surface area is 43.8 Å². The van der Waals surface area contributed by atoms with E-state index in [9.17, 15) is 4.21 Å². The summed E-state index contributed by atoms with van der Waals surface area (Å²) in [6, 6.07) is 0. The van der Waals surface area contributed by atoms with Crippen LogP contribution in [-0.2, 0) is 10.6 Å². The van der Waals surface area contributed by atoms with Crippen molar-refractivity contribution in [2.45, 2.75) is 0 Å². The quantitative estimate of drug-likeness (QED) is 0.312. The molecule has 0 aliphatic heterocycles. The molecule has 1 unspecified atom stereocenters. The second kappa shape index (κ2) is 3.83. The maximum atomic E-state index is 10.1. The van der Waals surface area contributed by atoms with Crippen molar-refractivity contribution in [3.8, 4) is 0 Å². The molecule has 0 radical (unpaired) electrons. The second-order valence-corrected chi connectivity index (χ2v) is 2.16. The summed E-state index contributed by atoms with van der Waals surface area (Å²) >= 11 is 0. The molecule has 4 heteroatoms. The van der Waals surface area contributed by atoms with Gasteiger partial charge in [0, 0.05) is 5.75 Å². The van der Waals surface area contributed by atoms with Gasteiger partial charge in [0.15, 0.2) is 0 Å². The van der Waals surface area contributed by atoms with Crippen LogP contribution in [0.15, 0.2) is 17.2 Å². The zero-order valence-corrected chi connectivity index (χ0v) is 4.64. The van der Waals surface area contributed by atoms with Gasteiger partial charge in [0.1, 0.15) is 0 Å². The van der Waals surface area contributed by atoms with E-state index in [-0.39, 0.29) is 5.75 Å². The van der Waals surface area contributed by atoms with Gasteiger partial charge >= 0.3 is 0 Å². The molecule has 0 aromatic carbocycles. The summed E-state index contributed by atoms with van der Waals surface area (Å²) in [6.45, 7) is 3.29. The number of hydrogen-bond acceptors (Lipinski definition) is 2. The van der Waals surface area contributed by atoms with E-state index < -0.39 is 10.6 Å². The Hall–Kier alpha value is -0.350. The molecule has 1 atom stereocenters. The van der Waals surface area contributed by atoms with Crippen molar-refractivity contribution in [2.75, 3.05) is 5.75 Å². The first-order chi connectivity index (χ1) is 3.31. The van der Waals surface area contributed by atoms with Gasteiger partial charge in [0.2, 0.25) is 0 Å². The third-order valence-corrected chi connectivity index (χ3v) is 1.16. The maximum Gasteiger partial charge on any atom is 0.0683 e. The summed E-state index contributed by atoms with van der Waals surface area (Å²) in [5.41, 5.74) is 0. The first-order valence-corrected chi connectivity index (χ1v) is 3.11. The van der Waals surface area contributed by atoms with Crippen molar-refractivity contribution in [1.29, 1.82) is 0 Å². The van der Waals surface area contributed by atoms with Crippen LogP contribution in [0.25, 0.3) is 0 Å². The minimum atomic E-state index is -1.77. The predicted molar refractivity (Wildman–Crippen MR) is 28.8 cm³/mol. The molecule has 0 aliphatic rings. The molecule has 0 aromatic rings. The zero-order chi connectivity index (χ0) is 5.70. The van der Waals surface area contributed by atoms with Crippen LogP contribution in [0.3, 0.4) is 0 Å². The van der Waals surface area contributed by atoms with Crippen LogP contribution in [0.4, 0.5) is 0 Å². The molecule has 0 bridgehead atoms. The number of thiol groups is 1. The molecule has 0 saturated carbocycles. The lowest BCUT2D eigenvalue weighted by molar-refractivity contribution is 0.326. The van der Waals surface area contributed by atoms with E-state index in [0.29, 0.717) is 0 Å². The Morgan fingerprint density at radius 3 is 2.71 bits per heavy atom. The monoisotopic (exact) mass is 121 g/mol. The van der Waals surface area contributed by atoms with Gasteiger partial charge in [-0.1, -0.05) is 10.6 Å². The van der Waals surface area contributed by atoms with Gasteiger partial charge < -0.3 is 0 Å². The second-order valence-electron chi connectivity index (χ2n) is 0.913. The van der Waals surface area contributed by atoms with Gasteiger partial charge in [0.25, 0.3) is 0 Å². The van der Waals surface area contributed by atoms with Crippen molar-refractivity contribution in [3.63, 3.8) is 0 Å². The van der Waals surface area contributed by atoms with Crippen molar-refractivity contribution in [3.05, 3.63) is 12.7 Å². The van der Waals surface area contributed by atoms with E-state index in [1.807, 2.05) is 0 Å². The van der Waals surface area contributed by atoms with Gasteiger partial charge in [-0.25, -0.2) is 0 Å². The molecule has 3 nitrogen and oxygen atoms in total. The first-order valence-electron chi connectivity index (χ1n) is 1.72. The van der Waals surface area contributed by atoms with Gasteiger partial charge in [0.05, 0.1) is 10.6 Å². The van der Waals surface area contributed by atoms with E-state index >= 15 is 0 Å². The first kappa shape index (κ1) is 6.65. The molecule has 0 heterocycles. The average Bonchev–Trinajstić information content (AvgIpc) is 1.68. The lowest BCUT2D eigenvalue weighted by atomic mass is 10.8. The molecule has 0 aromatic heterocycles. The van der Waals surface area contributed by atoms with Crippen LogP contribution >= 0.6 is 0 Å². The largest absolute Gasteiger partial charge is 0.260 e. The standard InChI is InChI=1S/C3H7NO2S/c1-2-3-7(6)4-5/h2,5,7H,1,3H2. The highest BCUT2D eigenvalue weighted by molar-refractivity contribution is 7.74. The maximum absolute atomic E-state index is 10.1. The third kappa shape index (κ3) is 3.48. The van der Waals surface area contributed by atoms with Crippen molar-refractivity contribution in [2.24, 2.45) is 4.53 Å². The fourth-order valence-electron chi connectivity index (χ4n) is 0.147. The molecule has 7 heavy (non-hydrogen) atoms. The van der Waals surface area contributed by atoms with Crippen molar-refractivity contribution >= 4 is 10.6 Å². The van der Waals surface area contributed by atoms with Gasteiger partial charge in [-0.15, -0.1) is 6.58 Å². The molecule has 0 rings (SSSR count). The Morgan fingerprint density at radius 1 is 2.00 bits per heavy atom. The Kier molecular flexibility index (Phi) is 3.64. The van der Waals surface area contributed by atoms with Crippen LogP contribution in [0, 0.1) is 0 Å². The molecule has 42 valence electrons. The highest BCUT2D eigenvalue weighted by atomic mass is 32.2. The van der Waals surface area contributed by atoms with Crippen LogP contribution in [0.1, 0.15) is 0 Å². The lowest BCUT2D eigenvalue weighted by Gasteiger charge is -1.74. The van der Waals surface area contributed by atoms with Crippen LogP contribution in [0.2, 0.25) is 0 Å². The van der Waals surface area contributed by atoms with E-state index in [4.69, 9.17) is 5.21 Å². The fourth-order valence-corrected chi connectivity index (χ4v) is 0.441. The van der Waals surface area contributed by atoms with E-state index in [1.165, 1.54) is 6.08 Å². The number of rotatable bonds is 2. The normalized spacial score (nSPS) is 13.9. The highest BCUT2D eigenvalue weighted by Gasteiger charge is 1.71. The smallest absolute Gasteiger partial charge is 0.0683 e. The molecular formula is C3H7NO2S. The Morgan fingerprint density at radius 2 is 2.57 bits per heavy atom. The summed E-state index contributed by atoms with van der Waals surface area (Å²) in [5.74, 6) is 0.256. The minimum Gasteiger partial charge on any atom is -0.260 e. The SMILES string of the molecule is C=CC/[SH](=O)=N/O. The number of nitrogens with zero attached hydrogens (tertiary/aromatic N) is 1. The predicted octanol–water partition coefficient (Wildman–Crippen LogP) is 0.226. The van der Waals surface area contributed by atoms with E-state index in [2.05, 4.69) is 11.1 Å². The molecular weight excluding hydrogens is 114 g/mol. The van der Waals surface area contributed by atoms with Gasteiger partial charge in [-0.05, 0) is 0 Å². The third-order valence-electron chi connectivity index (χ3n) is 0.385. The Balaban J connectivity index is 3.59. The van der Waals surface area contributed by atoms with Crippen LogP contribution in [-0.4, -0.2) is 15.2 Å². The summed E-state index contributed by atoms with van der Waals surface area (Å²) in [6.07, 6.45) is 1.44. The van der Waals surface area contributed by atoms with Crippen LogP contribution in [0.5, 0.6) is 0 Å². The highest BCUT2D eigenvalue weighted by Crippen LogP contribution is 1.69. The molecule has 1 N–H and O–H groups in total. The van der Waals surface area contributed by atoms with E-state index in [1.54, 1.807) is 0 Å². The number of hydrogen-bond donors (Lipinski definition) is 2. The molecule has 0 fully saturated rings. The summed E-state index contributed by atoms with van der Waals surface area (Å²) in [5, 5.41) is 7.76. The van der Waals surface area contributed by atoms with Crippen molar-refractivity contribution in [1.82, 2.24) is 0 Å².